The fourth-order valence-electron chi connectivity index (χ4n) is 1.89. The Balaban J connectivity index is 2.56. The standard InChI is InChI=1S/C13H15BrClN3/c1-8(2)18-12(7-14)16-17-13(18)10-5-4-9(3)11(15)6-10/h4-6,8H,7H2,1-3H3. The Kier molecular flexibility index (Phi) is 4.07. The molecule has 1 aromatic carbocycles. The molecular formula is C13H15BrClN3. The Morgan fingerprint density at radius 1 is 1.33 bits per heavy atom. The molecule has 18 heavy (non-hydrogen) atoms. The van der Waals surface area contributed by atoms with E-state index in [1.54, 1.807) is 0 Å². The lowest BCUT2D eigenvalue weighted by Crippen LogP contribution is -2.06. The number of benzene rings is 1. The zero-order chi connectivity index (χ0) is 13.3. The van der Waals surface area contributed by atoms with Crippen molar-refractivity contribution in [3.63, 3.8) is 0 Å². The first-order valence-corrected chi connectivity index (χ1v) is 7.30. The molecule has 0 atom stereocenters. The Labute approximate surface area is 120 Å². The van der Waals surface area contributed by atoms with Gasteiger partial charge in [0.25, 0.3) is 0 Å². The van der Waals surface area contributed by atoms with Crippen LogP contribution < -0.4 is 0 Å². The van der Waals surface area contributed by atoms with Gasteiger partial charge in [-0.15, -0.1) is 10.2 Å². The van der Waals surface area contributed by atoms with E-state index in [2.05, 4.69) is 44.5 Å². The van der Waals surface area contributed by atoms with Crippen LogP contribution in [-0.2, 0) is 5.33 Å². The molecule has 2 rings (SSSR count). The minimum Gasteiger partial charge on any atom is -0.308 e. The third kappa shape index (κ3) is 2.45. The van der Waals surface area contributed by atoms with E-state index < -0.39 is 0 Å². The fraction of sp³-hybridized carbons (Fsp3) is 0.385. The van der Waals surface area contributed by atoms with E-state index in [9.17, 15) is 0 Å². The molecule has 0 unspecified atom stereocenters. The van der Waals surface area contributed by atoms with Crippen LogP contribution in [0.3, 0.4) is 0 Å². The third-order valence-corrected chi connectivity index (χ3v) is 3.74. The van der Waals surface area contributed by atoms with Crippen LogP contribution in [0.25, 0.3) is 11.4 Å². The zero-order valence-electron chi connectivity index (χ0n) is 10.6. The summed E-state index contributed by atoms with van der Waals surface area (Å²) in [6.07, 6.45) is 0. The van der Waals surface area contributed by atoms with Crippen molar-refractivity contribution in [3.8, 4) is 11.4 Å². The highest BCUT2D eigenvalue weighted by Crippen LogP contribution is 2.27. The second kappa shape index (κ2) is 5.41. The second-order valence-electron chi connectivity index (χ2n) is 4.50. The molecular weight excluding hydrogens is 314 g/mol. The molecule has 1 aromatic heterocycles. The molecule has 0 aliphatic carbocycles. The second-order valence-corrected chi connectivity index (χ2v) is 5.47. The van der Waals surface area contributed by atoms with Gasteiger partial charge in [0.05, 0.1) is 5.33 Å². The number of aryl methyl sites for hydroxylation is 1. The number of alkyl halides is 1. The van der Waals surface area contributed by atoms with Crippen molar-refractivity contribution >= 4 is 27.5 Å². The van der Waals surface area contributed by atoms with Crippen LogP contribution in [0.5, 0.6) is 0 Å². The fourth-order valence-corrected chi connectivity index (χ4v) is 2.45. The van der Waals surface area contributed by atoms with Gasteiger partial charge in [-0.3, -0.25) is 0 Å². The van der Waals surface area contributed by atoms with Crippen molar-refractivity contribution in [1.29, 1.82) is 0 Å². The van der Waals surface area contributed by atoms with E-state index in [0.29, 0.717) is 11.4 Å². The molecule has 0 fully saturated rings. The predicted octanol–water partition coefficient (Wildman–Crippen LogP) is 4.38. The van der Waals surface area contributed by atoms with Gasteiger partial charge in [0, 0.05) is 16.6 Å². The van der Waals surface area contributed by atoms with Gasteiger partial charge >= 0.3 is 0 Å². The highest BCUT2D eigenvalue weighted by Gasteiger charge is 2.15. The lowest BCUT2D eigenvalue weighted by atomic mass is 10.1. The normalized spacial score (nSPS) is 11.2. The Morgan fingerprint density at radius 2 is 2.06 bits per heavy atom. The first kappa shape index (κ1) is 13.6. The van der Waals surface area contributed by atoms with Gasteiger partial charge in [-0.2, -0.15) is 0 Å². The average Bonchev–Trinajstić information content (AvgIpc) is 2.76. The van der Waals surface area contributed by atoms with Gasteiger partial charge in [-0.05, 0) is 32.4 Å². The Bertz CT molecular complexity index is 563. The van der Waals surface area contributed by atoms with E-state index in [-0.39, 0.29) is 0 Å². The number of aromatic nitrogens is 3. The smallest absolute Gasteiger partial charge is 0.164 e. The van der Waals surface area contributed by atoms with Gasteiger partial charge in [0.15, 0.2) is 5.82 Å². The number of halogens is 2. The number of hydrogen-bond acceptors (Lipinski definition) is 2. The van der Waals surface area contributed by atoms with E-state index in [4.69, 9.17) is 11.6 Å². The molecule has 0 aliphatic rings. The number of hydrogen-bond donors (Lipinski definition) is 0. The molecule has 3 nitrogen and oxygen atoms in total. The maximum absolute atomic E-state index is 6.17. The zero-order valence-corrected chi connectivity index (χ0v) is 13.0. The summed E-state index contributed by atoms with van der Waals surface area (Å²) in [6.45, 7) is 6.23. The largest absolute Gasteiger partial charge is 0.308 e. The summed E-state index contributed by atoms with van der Waals surface area (Å²) in [7, 11) is 0. The van der Waals surface area contributed by atoms with Gasteiger partial charge in [0.2, 0.25) is 0 Å². The molecule has 0 spiro atoms. The van der Waals surface area contributed by atoms with Crippen LogP contribution >= 0.6 is 27.5 Å². The van der Waals surface area contributed by atoms with Crippen molar-refractivity contribution < 1.29 is 0 Å². The van der Waals surface area contributed by atoms with Crippen LogP contribution in [0.1, 0.15) is 31.3 Å². The molecule has 1 heterocycles. The maximum Gasteiger partial charge on any atom is 0.164 e. The topological polar surface area (TPSA) is 30.7 Å². The lowest BCUT2D eigenvalue weighted by molar-refractivity contribution is 0.586. The highest BCUT2D eigenvalue weighted by molar-refractivity contribution is 9.08. The van der Waals surface area contributed by atoms with E-state index >= 15 is 0 Å². The molecule has 2 aromatic rings. The van der Waals surface area contributed by atoms with Gasteiger partial charge in [0.1, 0.15) is 5.82 Å². The summed E-state index contributed by atoms with van der Waals surface area (Å²) in [5, 5.41) is 9.93. The van der Waals surface area contributed by atoms with E-state index in [1.165, 1.54) is 0 Å². The van der Waals surface area contributed by atoms with Crippen molar-refractivity contribution in [2.45, 2.75) is 32.1 Å². The minimum atomic E-state index is 0.308. The number of nitrogens with zero attached hydrogens (tertiary/aromatic N) is 3. The summed E-state index contributed by atoms with van der Waals surface area (Å²) in [5.74, 6) is 1.79. The van der Waals surface area contributed by atoms with Crippen LogP contribution in [0, 0.1) is 6.92 Å². The molecule has 0 amide bonds. The summed E-state index contributed by atoms with van der Waals surface area (Å²) >= 11 is 9.61. The molecule has 0 aliphatic heterocycles. The van der Waals surface area contributed by atoms with Gasteiger partial charge < -0.3 is 4.57 Å². The molecule has 0 saturated heterocycles. The van der Waals surface area contributed by atoms with Crippen molar-refractivity contribution in [2.24, 2.45) is 0 Å². The van der Waals surface area contributed by atoms with E-state index in [0.717, 1.165) is 27.8 Å². The summed E-state index contributed by atoms with van der Waals surface area (Å²) in [5.41, 5.74) is 2.07. The molecule has 0 saturated carbocycles. The SMILES string of the molecule is Cc1ccc(-c2nnc(CBr)n2C(C)C)cc1Cl. The summed E-state index contributed by atoms with van der Waals surface area (Å²) < 4.78 is 2.12. The van der Waals surface area contributed by atoms with Crippen LogP contribution in [0.15, 0.2) is 18.2 Å². The van der Waals surface area contributed by atoms with Crippen molar-refractivity contribution in [2.75, 3.05) is 0 Å². The Morgan fingerprint density at radius 3 is 2.61 bits per heavy atom. The monoisotopic (exact) mass is 327 g/mol. The van der Waals surface area contributed by atoms with Gasteiger partial charge in [-0.1, -0.05) is 39.7 Å². The van der Waals surface area contributed by atoms with Crippen LogP contribution in [-0.4, -0.2) is 14.8 Å². The summed E-state index contributed by atoms with van der Waals surface area (Å²) in [4.78, 5) is 0. The lowest BCUT2D eigenvalue weighted by Gasteiger charge is -2.13. The molecule has 0 bridgehead atoms. The van der Waals surface area contributed by atoms with Crippen molar-refractivity contribution in [3.05, 3.63) is 34.6 Å². The molecule has 0 radical (unpaired) electrons. The average molecular weight is 329 g/mol. The predicted molar refractivity (Wildman–Crippen MR) is 78.2 cm³/mol. The van der Waals surface area contributed by atoms with E-state index in [1.807, 2.05) is 25.1 Å². The Hall–Kier alpha value is -0.870. The van der Waals surface area contributed by atoms with Crippen LogP contribution in [0.4, 0.5) is 0 Å². The summed E-state index contributed by atoms with van der Waals surface area (Å²) in [6, 6.07) is 6.28. The molecule has 5 heteroatoms. The van der Waals surface area contributed by atoms with Crippen LogP contribution in [0.2, 0.25) is 5.02 Å². The molecule has 0 N–H and O–H groups in total. The number of rotatable bonds is 3. The quantitative estimate of drug-likeness (QED) is 0.783. The first-order valence-electron chi connectivity index (χ1n) is 5.81. The highest BCUT2D eigenvalue weighted by atomic mass is 79.9. The van der Waals surface area contributed by atoms with Crippen molar-refractivity contribution in [1.82, 2.24) is 14.8 Å². The minimum absolute atomic E-state index is 0.308. The first-order chi connectivity index (χ1) is 8.54. The van der Waals surface area contributed by atoms with Gasteiger partial charge in [-0.25, -0.2) is 0 Å². The maximum atomic E-state index is 6.17. The third-order valence-electron chi connectivity index (χ3n) is 2.83. The molecule has 96 valence electrons.